The average molecular weight is 283 g/mol. The minimum absolute atomic E-state index is 0.355. The van der Waals surface area contributed by atoms with Gasteiger partial charge in [-0.3, -0.25) is 4.90 Å². The Hall–Kier alpha value is -0.570. The van der Waals surface area contributed by atoms with Crippen molar-refractivity contribution in [2.45, 2.75) is 52.1 Å². The lowest BCUT2D eigenvalue weighted by Crippen LogP contribution is -2.54. The SMILES string of the molecule is CCCC(N(CC)CC)C(C)(N)c1ccc(Cl)cc1. The van der Waals surface area contributed by atoms with Gasteiger partial charge in [0.1, 0.15) is 0 Å². The van der Waals surface area contributed by atoms with Crippen LogP contribution in [0, 0.1) is 0 Å². The van der Waals surface area contributed by atoms with Gasteiger partial charge in [0.15, 0.2) is 0 Å². The van der Waals surface area contributed by atoms with Crippen molar-refractivity contribution in [1.29, 1.82) is 0 Å². The molecule has 1 aromatic carbocycles. The lowest BCUT2D eigenvalue weighted by molar-refractivity contribution is 0.129. The second-order valence-corrected chi connectivity index (χ2v) is 5.75. The second kappa shape index (κ2) is 7.28. The van der Waals surface area contributed by atoms with E-state index in [1.54, 1.807) is 0 Å². The smallest absolute Gasteiger partial charge is 0.0538 e. The van der Waals surface area contributed by atoms with E-state index in [2.05, 4.69) is 44.7 Å². The zero-order valence-corrected chi connectivity index (χ0v) is 13.4. The summed E-state index contributed by atoms with van der Waals surface area (Å²) in [5.74, 6) is 0. The Kier molecular flexibility index (Phi) is 6.31. The zero-order valence-electron chi connectivity index (χ0n) is 12.6. The number of rotatable bonds is 7. The maximum absolute atomic E-state index is 6.69. The van der Waals surface area contributed by atoms with Gasteiger partial charge in [0, 0.05) is 11.1 Å². The first-order chi connectivity index (χ1) is 8.97. The monoisotopic (exact) mass is 282 g/mol. The molecule has 0 aliphatic rings. The molecule has 2 atom stereocenters. The molecular weight excluding hydrogens is 256 g/mol. The van der Waals surface area contributed by atoms with Crippen molar-refractivity contribution in [1.82, 2.24) is 4.90 Å². The molecule has 0 bridgehead atoms. The fourth-order valence-corrected chi connectivity index (χ4v) is 2.93. The highest BCUT2D eigenvalue weighted by molar-refractivity contribution is 6.30. The van der Waals surface area contributed by atoms with Crippen molar-refractivity contribution in [3.63, 3.8) is 0 Å². The summed E-state index contributed by atoms with van der Waals surface area (Å²) >= 11 is 5.97. The minimum Gasteiger partial charge on any atom is -0.320 e. The normalized spacial score (nSPS) is 16.4. The maximum atomic E-state index is 6.69. The molecule has 0 fully saturated rings. The van der Waals surface area contributed by atoms with E-state index >= 15 is 0 Å². The lowest BCUT2D eigenvalue weighted by Gasteiger charge is -2.41. The second-order valence-electron chi connectivity index (χ2n) is 5.32. The fourth-order valence-electron chi connectivity index (χ4n) is 2.80. The molecule has 1 rings (SSSR count). The number of hydrogen-bond donors (Lipinski definition) is 1. The van der Waals surface area contributed by atoms with Crippen molar-refractivity contribution in [3.05, 3.63) is 34.9 Å². The molecule has 0 saturated heterocycles. The third kappa shape index (κ3) is 3.95. The van der Waals surface area contributed by atoms with Gasteiger partial charge in [-0.25, -0.2) is 0 Å². The molecule has 0 aliphatic heterocycles. The Morgan fingerprint density at radius 3 is 2.11 bits per heavy atom. The van der Waals surface area contributed by atoms with E-state index in [0.717, 1.165) is 36.5 Å². The average Bonchev–Trinajstić information content (AvgIpc) is 2.39. The summed E-state index contributed by atoms with van der Waals surface area (Å²) in [4.78, 5) is 2.46. The van der Waals surface area contributed by atoms with Crippen LogP contribution in [0.15, 0.2) is 24.3 Å². The highest BCUT2D eigenvalue weighted by Gasteiger charge is 2.34. The van der Waals surface area contributed by atoms with E-state index in [1.165, 1.54) is 0 Å². The molecule has 0 radical (unpaired) electrons. The van der Waals surface area contributed by atoms with Crippen LogP contribution in [0.2, 0.25) is 5.02 Å². The van der Waals surface area contributed by atoms with Gasteiger partial charge >= 0.3 is 0 Å². The number of hydrogen-bond acceptors (Lipinski definition) is 2. The van der Waals surface area contributed by atoms with Crippen LogP contribution in [-0.4, -0.2) is 24.0 Å². The number of likely N-dealkylation sites (N-methyl/N-ethyl adjacent to an activating group) is 1. The topological polar surface area (TPSA) is 29.3 Å². The van der Waals surface area contributed by atoms with Crippen LogP contribution in [0.4, 0.5) is 0 Å². The number of halogens is 1. The van der Waals surface area contributed by atoms with Crippen molar-refractivity contribution < 1.29 is 0 Å². The maximum Gasteiger partial charge on any atom is 0.0538 e. The standard InChI is InChI=1S/C16H27ClN2/c1-5-8-15(19(6-2)7-3)16(4,18)13-9-11-14(17)12-10-13/h9-12,15H,5-8,18H2,1-4H3. The van der Waals surface area contributed by atoms with Crippen molar-refractivity contribution in [3.8, 4) is 0 Å². The molecule has 1 aromatic rings. The highest BCUT2D eigenvalue weighted by Crippen LogP contribution is 2.29. The predicted octanol–water partition coefficient (Wildman–Crippen LogP) is 4.02. The molecule has 19 heavy (non-hydrogen) atoms. The van der Waals surface area contributed by atoms with Crippen LogP contribution in [0.1, 0.15) is 46.1 Å². The Balaban J connectivity index is 3.07. The van der Waals surface area contributed by atoms with Gasteiger partial charge in [-0.05, 0) is 44.1 Å². The Morgan fingerprint density at radius 2 is 1.68 bits per heavy atom. The van der Waals surface area contributed by atoms with Gasteiger partial charge in [-0.1, -0.05) is 50.9 Å². The molecule has 0 amide bonds. The van der Waals surface area contributed by atoms with Crippen LogP contribution in [-0.2, 0) is 5.54 Å². The molecule has 0 aliphatic carbocycles. The third-order valence-electron chi connectivity index (χ3n) is 3.97. The molecule has 2 unspecified atom stereocenters. The molecule has 0 heterocycles. The lowest BCUT2D eigenvalue weighted by atomic mass is 9.82. The van der Waals surface area contributed by atoms with Gasteiger partial charge in [-0.15, -0.1) is 0 Å². The molecule has 0 aromatic heterocycles. The first kappa shape index (κ1) is 16.5. The van der Waals surface area contributed by atoms with E-state index < -0.39 is 0 Å². The van der Waals surface area contributed by atoms with E-state index in [4.69, 9.17) is 17.3 Å². The van der Waals surface area contributed by atoms with E-state index in [1.807, 2.05) is 12.1 Å². The van der Waals surface area contributed by atoms with Gasteiger partial charge in [0.25, 0.3) is 0 Å². The van der Waals surface area contributed by atoms with Crippen LogP contribution in [0.5, 0.6) is 0 Å². The first-order valence-corrected chi connectivity index (χ1v) is 7.64. The van der Waals surface area contributed by atoms with Crippen LogP contribution in [0.25, 0.3) is 0 Å². The van der Waals surface area contributed by atoms with Gasteiger partial charge in [-0.2, -0.15) is 0 Å². The number of nitrogens with two attached hydrogens (primary N) is 1. The predicted molar refractivity (Wildman–Crippen MR) is 84.6 cm³/mol. The summed E-state index contributed by atoms with van der Waals surface area (Å²) in [5.41, 5.74) is 7.49. The van der Waals surface area contributed by atoms with Crippen LogP contribution < -0.4 is 5.73 Å². The summed E-state index contributed by atoms with van der Waals surface area (Å²) in [6, 6.07) is 8.30. The van der Waals surface area contributed by atoms with Crippen LogP contribution >= 0.6 is 11.6 Å². The third-order valence-corrected chi connectivity index (χ3v) is 4.23. The fraction of sp³-hybridized carbons (Fsp3) is 0.625. The number of benzene rings is 1. The molecule has 0 spiro atoms. The minimum atomic E-state index is -0.355. The van der Waals surface area contributed by atoms with E-state index in [9.17, 15) is 0 Å². The summed E-state index contributed by atoms with van der Waals surface area (Å²) in [5, 5.41) is 0.759. The van der Waals surface area contributed by atoms with E-state index in [0.29, 0.717) is 6.04 Å². The van der Waals surface area contributed by atoms with Gasteiger partial charge < -0.3 is 5.73 Å². The van der Waals surface area contributed by atoms with Gasteiger partial charge in [0.05, 0.1) is 5.54 Å². The van der Waals surface area contributed by atoms with Crippen molar-refractivity contribution in [2.75, 3.05) is 13.1 Å². The first-order valence-electron chi connectivity index (χ1n) is 7.26. The number of nitrogens with zero attached hydrogens (tertiary/aromatic N) is 1. The Labute approximate surface area is 122 Å². The summed E-state index contributed by atoms with van der Waals surface area (Å²) in [6.45, 7) is 10.8. The molecular formula is C16H27ClN2. The Bertz CT molecular complexity index is 369. The molecule has 2 nitrogen and oxygen atoms in total. The quantitative estimate of drug-likeness (QED) is 0.818. The summed E-state index contributed by atoms with van der Waals surface area (Å²) in [6.07, 6.45) is 2.25. The van der Waals surface area contributed by atoms with Crippen molar-refractivity contribution in [2.24, 2.45) is 5.73 Å². The molecule has 3 heteroatoms. The van der Waals surface area contributed by atoms with Crippen molar-refractivity contribution >= 4 is 11.6 Å². The van der Waals surface area contributed by atoms with Gasteiger partial charge in [0.2, 0.25) is 0 Å². The molecule has 108 valence electrons. The molecule has 0 saturated carbocycles. The van der Waals surface area contributed by atoms with E-state index in [-0.39, 0.29) is 5.54 Å². The summed E-state index contributed by atoms with van der Waals surface area (Å²) < 4.78 is 0. The molecule has 2 N–H and O–H groups in total. The zero-order chi connectivity index (χ0) is 14.5. The Morgan fingerprint density at radius 1 is 1.16 bits per heavy atom. The largest absolute Gasteiger partial charge is 0.320 e. The highest BCUT2D eigenvalue weighted by atomic mass is 35.5. The van der Waals surface area contributed by atoms with Crippen LogP contribution in [0.3, 0.4) is 0 Å². The summed E-state index contributed by atoms with van der Waals surface area (Å²) in [7, 11) is 0.